The zero-order chi connectivity index (χ0) is 17.5. The maximum Gasteiger partial charge on any atom is 0.258 e. The Morgan fingerprint density at radius 2 is 1.58 bits per heavy atom. The van der Waals surface area contributed by atoms with Crippen LogP contribution in [0.15, 0.2) is 59.9 Å². The van der Waals surface area contributed by atoms with Crippen LogP contribution in [0.25, 0.3) is 0 Å². The summed E-state index contributed by atoms with van der Waals surface area (Å²) in [4.78, 5) is 12.3. The van der Waals surface area contributed by atoms with E-state index in [1.807, 2.05) is 0 Å². The summed E-state index contributed by atoms with van der Waals surface area (Å²) < 4.78 is 0. The Kier molecular flexibility index (Phi) is 5.81. The second-order valence-electron chi connectivity index (χ2n) is 4.54. The average molecular weight is 357 g/mol. The summed E-state index contributed by atoms with van der Waals surface area (Å²) in [5, 5.41) is 24.3. The number of hydrogen-bond donors (Lipinski definition) is 2. The molecule has 5 nitrogen and oxygen atoms in total. The number of nitrogens with one attached hydrogen (secondary N) is 2. The van der Waals surface area contributed by atoms with Crippen molar-refractivity contribution in [3.05, 3.63) is 75.5 Å². The fourth-order valence-corrected chi connectivity index (χ4v) is 2.14. The predicted molar refractivity (Wildman–Crippen MR) is 92.2 cm³/mol. The minimum Gasteiger partial charge on any atom is -0.340 e. The Hall–Kier alpha value is -2.99. The molecule has 0 spiro atoms. The monoisotopic (exact) mass is 356 g/mol. The quantitative estimate of drug-likeness (QED) is 0.807. The van der Waals surface area contributed by atoms with E-state index in [-0.39, 0.29) is 22.0 Å². The van der Waals surface area contributed by atoms with Crippen LogP contribution in [0.3, 0.4) is 0 Å². The highest BCUT2D eigenvalue weighted by molar-refractivity contribution is 6.33. The third-order valence-electron chi connectivity index (χ3n) is 2.94. The zero-order valence-electron chi connectivity index (χ0n) is 12.2. The highest BCUT2D eigenvalue weighted by Gasteiger charge is 2.15. The van der Waals surface area contributed by atoms with Crippen LogP contribution in [0.1, 0.15) is 10.4 Å². The topological polar surface area (TPSA) is 88.7 Å². The standard InChI is InChI=1S/C17H10Cl2N4O/c18-12-5-7-13(8-6-12)22-16(11(9-20)10-21)23-17(24)14-3-1-2-4-15(14)19/h1-8,22H,(H,23,24). The number of carbonyl (C=O) groups excluding carboxylic acids is 1. The van der Waals surface area contributed by atoms with E-state index in [0.29, 0.717) is 10.7 Å². The Labute approximate surface area is 148 Å². The van der Waals surface area contributed by atoms with E-state index in [1.54, 1.807) is 54.6 Å². The minimum atomic E-state index is -0.542. The van der Waals surface area contributed by atoms with Crippen molar-refractivity contribution in [2.24, 2.45) is 0 Å². The molecule has 0 heterocycles. The second kappa shape index (κ2) is 8.03. The lowest BCUT2D eigenvalue weighted by atomic mass is 10.2. The Morgan fingerprint density at radius 1 is 0.958 bits per heavy atom. The Balaban J connectivity index is 2.32. The van der Waals surface area contributed by atoms with Gasteiger partial charge in [0.1, 0.15) is 18.0 Å². The Morgan fingerprint density at radius 3 is 2.17 bits per heavy atom. The molecule has 0 fully saturated rings. The molecule has 118 valence electrons. The molecule has 0 saturated carbocycles. The van der Waals surface area contributed by atoms with Crippen LogP contribution in [-0.4, -0.2) is 5.91 Å². The first-order valence-electron chi connectivity index (χ1n) is 6.68. The van der Waals surface area contributed by atoms with Gasteiger partial charge in [-0.2, -0.15) is 10.5 Å². The lowest BCUT2D eigenvalue weighted by molar-refractivity contribution is 0.0966. The molecule has 0 radical (unpaired) electrons. The molecule has 2 aromatic carbocycles. The molecule has 0 aliphatic rings. The van der Waals surface area contributed by atoms with Crippen LogP contribution in [0.5, 0.6) is 0 Å². The van der Waals surface area contributed by atoms with Gasteiger partial charge in [-0.15, -0.1) is 0 Å². The molecule has 2 aromatic rings. The predicted octanol–water partition coefficient (Wildman–Crippen LogP) is 4.09. The van der Waals surface area contributed by atoms with Gasteiger partial charge in [-0.3, -0.25) is 4.79 Å². The number of hydrogen-bond acceptors (Lipinski definition) is 4. The number of nitriles is 2. The van der Waals surface area contributed by atoms with Crippen molar-refractivity contribution in [3.63, 3.8) is 0 Å². The number of benzene rings is 2. The summed E-state index contributed by atoms with van der Waals surface area (Å²) in [5.41, 5.74) is 0.506. The van der Waals surface area contributed by atoms with Gasteiger partial charge in [-0.05, 0) is 36.4 Å². The minimum absolute atomic E-state index is 0.0350. The fourth-order valence-electron chi connectivity index (χ4n) is 1.80. The molecule has 0 bridgehead atoms. The summed E-state index contributed by atoms with van der Waals surface area (Å²) in [6, 6.07) is 16.5. The molecular formula is C17H10Cl2N4O. The van der Waals surface area contributed by atoms with Crippen molar-refractivity contribution < 1.29 is 4.79 Å². The average Bonchev–Trinajstić information content (AvgIpc) is 2.58. The number of allylic oxidation sites excluding steroid dienone is 1. The summed E-state index contributed by atoms with van der Waals surface area (Å²) in [6.45, 7) is 0. The first-order valence-corrected chi connectivity index (χ1v) is 7.43. The van der Waals surface area contributed by atoms with Gasteiger partial charge in [0, 0.05) is 10.7 Å². The molecule has 0 aliphatic heterocycles. The van der Waals surface area contributed by atoms with Crippen LogP contribution in [-0.2, 0) is 0 Å². The van der Waals surface area contributed by atoms with Gasteiger partial charge >= 0.3 is 0 Å². The number of rotatable bonds is 4. The molecule has 24 heavy (non-hydrogen) atoms. The zero-order valence-corrected chi connectivity index (χ0v) is 13.7. The van der Waals surface area contributed by atoms with Gasteiger partial charge in [-0.25, -0.2) is 0 Å². The number of amides is 1. The number of nitrogens with zero attached hydrogens (tertiary/aromatic N) is 2. The van der Waals surface area contributed by atoms with E-state index >= 15 is 0 Å². The van der Waals surface area contributed by atoms with Crippen molar-refractivity contribution in [1.29, 1.82) is 10.5 Å². The van der Waals surface area contributed by atoms with Gasteiger partial charge in [-0.1, -0.05) is 35.3 Å². The van der Waals surface area contributed by atoms with Crippen molar-refractivity contribution in [1.82, 2.24) is 5.32 Å². The summed E-state index contributed by atoms with van der Waals surface area (Å²) in [7, 11) is 0. The van der Waals surface area contributed by atoms with Crippen LogP contribution < -0.4 is 10.6 Å². The normalized spacial score (nSPS) is 9.33. The molecule has 1 amide bonds. The number of anilines is 1. The maximum atomic E-state index is 12.3. The van der Waals surface area contributed by atoms with Crippen molar-refractivity contribution in [3.8, 4) is 12.1 Å². The van der Waals surface area contributed by atoms with Gasteiger partial charge < -0.3 is 10.6 Å². The van der Waals surface area contributed by atoms with Crippen molar-refractivity contribution in [2.45, 2.75) is 0 Å². The fraction of sp³-hybridized carbons (Fsp3) is 0. The maximum absolute atomic E-state index is 12.3. The van der Waals surface area contributed by atoms with E-state index in [0.717, 1.165) is 0 Å². The van der Waals surface area contributed by atoms with Crippen LogP contribution >= 0.6 is 23.2 Å². The van der Waals surface area contributed by atoms with Gasteiger partial charge in [0.25, 0.3) is 5.91 Å². The van der Waals surface area contributed by atoms with Crippen LogP contribution in [0.2, 0.25) is 10.0 Å². The third-order valence-corrected chi connectivity index (χ3v) is 3.53. The van der Waals surface area contributed by atoms with E-state index in [9.17, 15) is 4.79 Å². The van der Waals surface area contributed by atoms with Gasteiger partial charge in [0.2, 0.25) is 0 Å². The van der Waals surface area contributed by atoms with Crippen molar-refractivity contribution in [2.75, 3.05) is 5.32 Å². The van der Waals surface area contributed by atoms with E-state index in [4.69, 9.17) is 33.7 Å². The van der Waals surface area contributed by atoms with Gasteiger partial charge in [0.15, 0.2) is 5.57 Å². The molecule has 0 atom stereocenters. The number of halogens is 2. The summed E-state index contributed by atoms with van der Waals surface area (Å²) in [6.07, 6.45) is 0. The van der Waals surface area contributed by atoms with E-state index in [2.05, 4.69) is 10.6 Å². The number of carbonyl (C=O) groups is 1. The third kappa shape index (κ3) is 4.27. The summed E-state index contributed by atoms with van der Waals surface area (Å²) in [5.74, 6) is -0.577. The highest BCUT2D eigenvalue weighted by atomic mass is 35.5. The molecule has 0 aliphatic carbocycles. The second-order valence-corrected chi connectivity index (χ2v) is 5.38. The van der Waals surface area contributed by atoms with Crippen molar-refractivity contribution >= 4 is 34.8 Å². The van der Waals surface area contributed by atoms with E-state index < -0.39 is 5.91 Å². The van der Waals surface area contributed by atoms with E-state index in [1.165, 1.54) is 6.07 Å². The Bertz CT molecular complexity index is 861. The molecule has 7 heteroatoms. The molecule has 2 N–H and O–H groups in total. The highest BCUT2D eigenvalue weighted by Crippen LogP contribution is 2.18. The molecule has 2 rings (SSSR count). The molecular weight excluding hydrogens is 347 g/mol. The lowest BCUT2D eigenvalue weighted by Crippen LogP contribution is -2.28. The first-order chi connectivity index (χ1) is 11.5. The molecule has 0 saturated heterocycles. The SMILES string of the molecule is N#CC(C#N)=C(NC(=O)c1ccccc1Cl)Nc1ccc(Cl)cc1. The van der Waals surface area contributed by atoms with Gasteiger partial charge in [0.05, 0.1) is 10.6 Å². The smallest absolute Gasteiger partial charge is 0.258 e. The largest absolute Gasteiger partial charge is 0.340 e. The molecule has 0 aromatic heterocycles. The lowest BCUT2D eigenvalue weighted by Gasteiger charge is -2.13. The summed E-state index contributed by atoms with van der Waals surface area (Å²) >= 11 is 11.8. The van der Waals surface area contributed by atoms with Crippen LogP contribution in [0, 0.1) is 22.7 Å². The molecule has 0 unspecified atom stereocenters. The first kappa shape index (κ1) is 17.4. The van der Waals surface area contributed by atoms with Crippen LogP contribution in [0.4, 0.5) is 5.69 Å².